The third-order valence-electron chi connectivity index (χ3n) is 4.39. The molecule has 9 heteroatoms. The van der Waals surface area contributed by atoms with Crippen LogP contribution in [0.5, 0.6) is 0 Å². The van der Waals surface area contributed by atoms with Crippen LogP contribution in [0.2, 0.25) is 0 Å². The summed E-state index contributed by atoms with van der Waals surface area (Å²) in [7, 11) is 0. The van der Waals surface area contributed by atoms with Crippen molar-refractivity contribution in [3.05, 3.63) is 45.5 Å². The van der Waals surface area contributed by atoms with Gasteiger partial charge in [0.05, 0.1) is 11.5 Å². The molecule has 0 aliphatic heterocycles. The van der Waals surface area contributed by atoms with E-state index in [0.29, 0.717) is 31.2 Å². The van der Waals surface area contributed by atoms with Crippen molar-refractivity contribution < 1.29 is 29.0 Å². The Balaban J connectivity index is 1.88. The molecule has 2 N–H and O–H groups in total. The number of hydrogen-bond donors (Lipinski definition) is 1. The first kappa shape index (κ1) is 21.6. The van der Waals surface area contributed by atoms with E-state index < -0.39 is 22.4 Å². The van der Waals surface area contributed by atoms with Crippen molar-refractivity contribution in [1.82, 2.24) is 0 Å². The summed E-state index contributed by atoms with van der Waals surface area (Å²) < 4.78 is 10.9. The molecule has 0 amide bonds. The van der Waals surface area contributed by atoms with Gasteiger partial charge < -0.3 is 14.3 Å². The number of carbonyl (C=O) groups excluding carboxylic acids is 2. The molecule has 2 rings (SSSR count). The number of carbonyl (C=O) groups is 2. The Morgan fingerprint density at radius 1 is 1.21 bits per heavy atom. The fourth-order valence-electron chi connectivity index (χ4n) is 2.94. The van der Waals surface area contributed by atoms with Gasteiger partial charge in [-0.3, -0.25) is 10.5 Å². The van der Waals surface area contributed by atoms with Gasteiger partial charge in [0, 0.05) is 12.8 Å². The van der Waals surface area contributed by atoms with Crippen molar-refractivity contribution in [3.63, 3.8) is 0 Å². The predicted octanol–water partition coefficient (Wildman–Crippen LogP) is 2.74. The van der Waals surface area contributed by atoms with Crippen LogP contribution < -0.4 is 5.73 Å². The second-order valence-electron chi connectivity index (χ2n) is 7.96. The lowest BCUT2D eigenvalue weighted by atomic mass is 9.83. The summed E-state index contributed by atoms with van der Waals surface area (Å²) in [4.78, 5) is 39.0. The Bertz CT molecular complexity index is 717. The van der Waals surface area contributed by atoms with Crippen LogP contribution in [0, 0.1) is 16.0 Å². The van der Waals surface area contributed by atoms with Gasteiger partial charge in [0.15, 0.2) is 5.72 Å². The summed E-state index contributed by atoms with van der Waals surface area (Å²) >= 11 is 0. The molecule has 9 nitrogen and oxygen atoms in total. The summed E-state index contributed by atoms with van der Waals surface area (Å²) in [5.41, 5.74) is 5.36. The van der Waals surface area contributed by atoms with Crippen LogP contribution >= 0.6 is 0 Å². The average Bonchev–Trinajstić information content (AvgIpc) is 2.59. The Morgan fingerprint density at radius 3 is 2.29 bits per heavy atom. The zero-order valence-electron chi connectivity index (χ0n) is 16.3. The molecule has 1 aromatic carbocycles. The number of nitrogens with zero attached hydrogens (tertiary/aromatic N) is 1. The van der Waals surface area contributed by atoms with Crippen LogP contribution in [0.15, 0.2) is 24.3 Å². The van der Waals surface area contributed by atoms with Gasteiger partial charge in [-0.2, -0.15) is 0 Å². The first-order chi connectivity index (χ1) is 13.0. The summed E-state index contributed by atoms with van der Waals surface area (Å²) in [6, 6.07) is 6.08. The molecule has 0 radical (unpaired) electrons. The monoisotopic (exact) mass is 394 g/mol. The second-order valence-corrected chi connectivity index (χ2v) is 7.96. The van der Waals surface area contributed by atoms with E-state index in [1.54, 1.807) is 12.1 Å². The van der Waals surface area contributed by atoms with E-state index in [1.807, 2.05) is 20.8 Å². The van der Waals surface area contributed by atoms with E-state index in [0.717, 1.165) is 0 Å². The van der Waals surface area contributed by atoms with E-state index in [4.69, 9.17) is 15.2 Å². The van der Waals surface area contributed by atoms with Crippen molar-refractivity contribution >= 4 is 11.9 Å². The number of esters is 2. The largest absolute Gasteiger partial charge is 0.460 e. The highest BCUT2D eigenvalue weighted by molar-refractivity contribution is 5.89. The summed E-state index contributed by atoms with van der Waals surface area (Å²) in [5.74, 6) is -1.09. The van der Waals surface area contributed by atoms with Gasteiger partial charge in [-0.05, 0) is 51.3 Å². The minimum atomic E-state index is -1.14. The standard InChI is InChI=1S/C19H26N2O7/c1-18(2,3)27-16(22)15-8-10-19(20,11-9-15)28-17(23)14-6-4-13(5-7-14)12-26-21(24)25/h4-7,15H,8-12,20H2,1-3H3. The van der Waals surface area contributed by atoms with E-state index in [-0.39, 0.29) is 24.1 Å². The van der Waals surface area contributed by atoms with Crippen LogP contribution in [0.4, 0.5) is 0 Å². The lowest BCUT2D eigenvalue weighted by Crippen LogP contribution is -2.48. The van der Waals surface area contributed by atoms with Gasteiger partial charge in [0.2, 0.25) is 0 Å². The highest BCUT2D eigenvalue weighted by Crippen LogP contribution is 2.33. The molecular weight excluding hydrogens is 368 g/mol. The molecule has 0 spiro atoms. The fourth-order valence-corrected chi connectivity index (χ4v) is 2.94. The molecule has 154 valence electrons. The van der Waals surface area contributed by atoms with Gasteiger partial charge >= 0.3 is 11.9 Å². The van der Waals surface area contributed by atoms with Crippen LogP contribution in [0.3, 0.4) is 0 Å². The van der Waals surface area contributed by atoms with Gasteiger partial charge in [-0.15, -0.1) is 10.1 Å². The third-order valence-corrected chi connectivity index (χ3v) is 4.39. The second kappa shape index (κ2) is 8.55. The molecule has 0 saturated heterocycles. The molecule has 28 heavy (non-hydrogen) atoms. The zero-order valence-corrected chi connectivity index (χ0v) is 16.3. The molecule has 1 fully saturated rings. The maximum atomic E-state index is 12.4. The first-order valence-electron chi connectivity index (χ1n) is 9.09. The molecule has 1 aliphatic carbocycles. The lowest BCUT2D eigenvalue weighted by molar-refractivity contribution is -0.763. The smallest absolute Gasteiger partial charge is 0.339 e. The Morgan fingerprint density at radius 2 is 1.79 bits per heavy atom. The van der Waals surface area contributed by atoms with Crippen molar-refractivity contribution in [2.24, 2.45) is 11.7 Å². The molecule has 0 bridgehead atoms. The summed E-state index contributed by atoms with van der Waals surface area (Å²) in [6.45, 7) is 5.25. The van der Waals surface area contributed by atoms with Gasteiger partial charge in [-0.25, -0.2) is 4.79 Å². The number of nitrogens with two attached hydrogens (primary N) is 1. The van der Waals surface area contributed by atoms with Crippen LogP contribution in [0.25, 0.3) is 0 Å². The topological polar surface area (TPSA) is 131 Å². The van der Waals surface area contributed by atoms with Gasteiger partial charge in [0.1, 0.15) is 12.2 Å². The molecule has 0 aromatic heterocycles. The number of benzene rings is 1. The Kier molecular flexibility index (Phi) is 6.60. The molecule has 0 atom stereocenters. The van der Waals surface area contributed by atoms with E-state index in [1.165, 1.54) is 12.1 Å². The van der Waals surface area contributed by atoms with Gasteiger partial charge in [-0.1, -0.05) is 12.1 Å². The predicted molar refractivity (Wildman–Crippen MR) is 98.4 cm³/mol. The van der Waals surface area contributed by atoms with E-state index in [2.05, 4.69) is 4.84 Å². The number of rotatable bonds is 6. The highest BCUT2D eigenvalue weighted by atomic mass is 16.9. The lowest BCUT2D eigenvalue weighted by Gasteiger charge is -2.36. The van der Waals surface area contributed by atoms with Crippen molar-refractivity contribution in [2.45, 2.75) is 64.4 Å². The summed E-state index contributed by atoms with van der Waals surface area (Å²) in [5, 5.41) is 9.32. The minimum absolute atomic E-state index is 0.199. The first-order valence-corrected chi connectivity index (χ1v) is 9.09. The molecule has 1 aliphatic rings. The third kappa shape index (κ3) is 6.49. The normalized spacial score (nSPS) is 22.2. The average molecular weight is 394 g/mol. The molecule has 1 saturated carbocycles. The number of hydrogen-bond acceptors (Lipinski definition) is 8. The maximum Gasteiger partial charge on any atom is 0.339 e. The van der Waals surface area contributed by atoms with Gasteiger partial charge in [0.25, 0.3) is 5.09 Å². The fraction of sp³-hybridized carbons (Fsp3) is 0.579. The van der Waals surface area contributed by atoms with E-state index >= 15 is 0 Å². The maximum absolute atomic E-state index is 12.4. The highest BCUT2D eigenvalue weighted by Gasteiger charge is 2.39. The van der Waals surface area contributed by atoms with Crippen molar-refractivity contribution in [2.75, 3.05) is 0 Å². The minimum Gasteiger partial charge on any atom is -0.460 e. The molecule has 0 unspecified atom stereocenters. The zero-order chi connectivity index (χ0) is 20.9. The Labute approximate surface area is 163 Å². The van der Waals surface area contributed by atoms with Crippen LogP contribution in [-0.4, -0.2) is 28.4 Å². The van der Waals surface area contributed by atoms with Crippen LogP contribution in [0.1, 0.15) is 62.4 Å². The molecule has 0 heterocycles. The SMILES string of the molecule is CC(C)(C)OC(=O)C1CCC(N)(OC(=O)c2ccc(CO[N+](=O)[O-])cc2)CC1. The molecular formula is C19H26N2O7. The molecule has 1 aromatic rings. The van der Waals surface area contributed by atoms with Crippen molar-refractivity contribution in [1.29, 1.82) is 0 Å². The number of ether oxygens (including phenoxy) is 2. The van der Waals surface area contributed by atoms with E-state index in [9.17, 15) is 19.7 Å². The van der Waals surface area contributed by atoms with Crippen LogP contribution in [-0.2, 0) is 25.7 Å². The van der Waals surface area contributed by atoms with Crippen molar-refractivity contribution in [3.8, 4) is 0 Å². The summed E-state index contributed by atoms with van der Waals surface area (Å²) in [6.07, 6.45) is 1.68. The Hall–Kier alpha value is -2.68. The quantitative estimate of drug-likeness (QED) is 0.337.